The molecule has 4 nitrogen and oxygen atoms in total. The van der Waals surface area contributed by atoms with Gasteiger partial charge in [-0.05, 0) is 45.3 Å². The number of carbonyl (C=O) groups excluding carboxylic acids is 1. The van der Waals surface area contributed by atoms with Crippen LogP contribution in [0.2, 0.25) is 0 Å². The molecule has 15 heavy (non-hydrogen) atoms. The lowest BCUT2D eigenvalue weighted by Gasteiger charge is -2.15. The van der Waals surface area contributed by atoms with Crippen molar-refractivity contribution >= 4 is 5.91 Å². The van der Waals surface area contributed by atoms with Crippen LogP contribution in [0.3, 0.4) is 0 Å². The van der Waals surface area contributed by atoms with Gasteiger partial charge < -0.3 is 16.0 Å². The number of hydrogen-bond acceptors (Lipinski definition) is 3. The molecule has 1 unspecified atom stereocenters. The molecule has 0 aromatic heterocycles. The standard InChI is InChI=1S/C11H23N3O/c1-2-10(12)11(15)13-6-5-9-14-7-3-4-8-14/h10H,2-9,12H2,1H3,(H,13,15). The van der Waals surface area contributed by atoms with Gasteiger partial charge in [-0.2, -0.15) is 0 Å². The third-order valence-corrected chi connectivity index (χ3v) is 2.93. The molecule has 1 rings (SSSR count). The molecule has 0 saturated carbocycles. The Morgan fingerprint density at radius 3 is 2.73 bits per heavy atom. The van der Waals surface area contributed by atoms with Crippen molar-refractivity contribution in [1.82, 2.24) is 10.2 Å². The lowest BCUT2D eigenvalue weighted by Crippen LogP contribution is -2.41. The van der Waals surface area contributed by atoms with Gasteiger partial charge in [-0.1, -0.05) is 6.92 Å². The number of nitrogens with two attached hydrogens (primary N) is 1. The fourth-order valence-electron chi connectivity index (χ4n) is 1.84. The van der Waals surface area contributed by atoms with Crippen molar-refractivity contribution in [3.8, 4) is 0 Å². The molecule has 3 N–H and O–H groups in total. The number of rotatable bonds is 6. The van der Waals surface area contributed by atoms with E-state index in [2.05, 4.69) is 10.2 Å². The molecule has 88 valence electrons. The summed E-state index contributed by atoms with van der Waals surface area (Å²) in [6.45, 7) is 6.23. The van der Waals surface area contributed by atoms with E-state index in [1.165, 1.54) is 25.9 Å². The molecule has 0 aromatic rings. The fourth-order valence-corrected chi connectivity index (χ4v) is 1.84. The molecule has 0 spiro atoms. The van der Waals surface area contributed by atoms with E-state index in [-0.39, 0.29) is 11.9 Å². The van der Waals surface area contributed by atoms with Crippen molar-refractivity contribution in [3.05, 3.63) is 0 Å². The first-order valence-electron chi connectivity index (χ1n) is 5.99. The Morgan fingerprint density at radius 2 is 2.13 bits per heavy atom. The summed E-state index contributed by atoms with van der Waals surface area (Å²) in [6, 6.07) is -0.336. The van der Waals surface area contributed by atoms with Crippen LogP contribution in [0.15, 0.2) is 0 Å². The number of nitrogens with one attached hydrogen (secondary N) is 1. The molecule has 1 aliphatic rings. The van der Waals surface area contributed by atoms with Crippen molar-refractivity contribution in [2.75, 3.05) is 26.2 Å². The summed E-state index contributed by atoms with van der Waals surface area (Å²) >= 11 is 0. The molecule has 1 saturated heterocycles. The number of carbonyl (C=O) groups is 1. The zero-order valence-electron chi connectivity index (χ0n) is 9.67. The second-order valence-corrected chi connectivity index (χ2v) is 4.21. The van der Waals surface area contributed by atoms with Crippen LogP contribution >= 0.6 is 0 Å². The maximum absolute atomic E-state index is 11.3. The molecule has 0 bridgehead atoms. The SMILES string of the molecule is CCC(N)C(=O)NCCCN1CCCC1. The minimum Gasteiger partial charge on any atom is -0.355 e. The van der Waals surface area contributed by atoms with Gasteiger partial charge in [0.05, 0.1) is 6.04 Å². The van der Waals surface area contributed by atoms with Gasteiger partial charge in [0.2, 0.25) is 5.91 Å². The largest absolute Gasteiger partial charge is 0.355 e. The zero-order valence-corrected chi connectivity index (χ0v) is 9.67. The van der Waals surface area contributed by atoms with Gasteiger partial charge in [0.25, 0.3) is 0 Å². The van der Waals surface area contributed by atoms with E-state index in [4.69, 9.17) is 5.73 Å². The zero-order chi connectivity index (χ0) is 11.1. The van der Waals surface area contributed by atoms with Crippen LogP contribution in [-0.2, 0) is 4.79 Å². The van der Waals surface area contributed by atoms with E-state index in [1.54, 1.807) is 0 Å². The van der Waals surface area contributed by atoms with E-state index in [1.807, 2.05) is 6.92 Å². The van der Waals surface area contributed by atoms with E-state index in [9.17, 15) is 4.79 Å². The van der Waals surface area contributed by atoms with E-state index >= 15 is 0 Å². The van der Waals surface area contributed by atoms with Crippen molar-refractivity contribution in [3.63, 3.8) is 0 Å². The van der Waals surface area contributed by atoms with Gasteiger partial charge in [0, 0.05) is 6.54 Å². The van der Waals surface area contributed by atoms with Gasteiger partial charge in [-0.15, -0.1) is 0 Å². The second kappa shape index (κ2) is 6.80. The maximum atomic E-state index is 11.3. The first-order chi connectivity index (χ1) is 7.24. The average Bonchev–Trinajstić information content (AvgIpc) is 2.75. The predicted octanol–water partition coefficient (Wildman–Crippen LogP) is 0.326. The Balaban J connectivity index is 1.98. The van der Waals surface area contributed by atoms with Crippen LogP contribution in [0.1, 0.15) is 32.6 Å². The Morgan fingerprint density at radius 1 is 1.47 bits per heavy atom. The van der Waals surface area contributed by atoms with Crippen LogP contribution in [0, 0.1) is 0 Å². The topological polar surface area (TPSA) is 58.4 Å². The lowest BCUT2D eigenvalue weighted by atomic mass is 10.2. The van der Waals surface area contributed by atoms with Crippen LogP contribution in [-0.4, -0.2) is 43.0 Å². The van der Waals surface area contributed by atoms with Crippen molar-refractivity contribution in [2.24, 2.45) is 5.73 Å². The molecule has 1 amide bonds. The lowest BCUT2D eigenvalue weighted by molar-refractivity contribution is -0.122. The minimum atomic E-state index is -0.336. The summed E-state index contributed by atoms with van der Waals surface area (Å²) in [6.07, 6.45) is 4.39. The van der Waals surface area contributed by atoms with Crippen molar-refractivity contribution in [2.45, 2.75) is 38.6 Å². The highest BCUT2D eigenvalue weighted by atomic mass is 16.2. The Hall–Kier alpha value is -0.610. The van der Waals surface area contributed by atoms with Gasteiger partial charge in [-0.3, -0.25) is 4.79 Å². The highest BCUT2D eigenvalue weighted by Gasteiger charge is 2.12. The summed E-state index contributed by atoms with van der Waals surface area (Å²) in [5, 5.41) is 2.87. The highest BCUT2D eigenvalue weighted by Crippen LogP contribution is 2.06. The highest BCUT2D eigenvalue weighted by molar-refractivity contribution is 5.81. The molecule has 0 radical (unpaired) electrons. The molecular weight excluding hydrogens is 190 g/mol. The molecular formula is C11H23N3O. The predicted molar refractivity (Wildman–Crippen MR) is 61.6 cm³/mol. The summed E-state index contributed by atoms with van der Waals surface area (Å²) in [7, 11) is 0. The quantitative estimate of drug-likeness (QED) is 0.625. The summed E-state index contributed by atoms with van der Waals surface area (Å²) < 4.78 is 0. The van der Waals surface area contributed by atoms with Crippen LogP contribution in [0.25, 0.3) is 0 Å². The Kier molecular flexibility index (Phi) is 5.65. The normalized spacial score (nSPS) is 19.1. The molecule has 1 fully saturated rings. The first-order valence-corrected chi connectivity index (χ1v) is 5.99. The van der Waals surface area contributed by atoms with E-state index in [0.29, 0.717) is 6.42 Å². The van der Waals surface area contributed by atoms with Crippen LogP contribution in [0.5, 0.6) is 0 Å². The third-order valence-electron chi connectivity index (χ3n) is 2.93. The second-order valence-electron chi connectivity index (χ2n) is 4.21. The molecule has 0 aromatic carbocycles. The summed E-state index contributed by atoms with van der Waals surface area (Å²) in [4.78, 5) is 13.8. The van der Waals surface area contributed by atoms with Crippen molar-refractivity contribution in [1.29, 1.82) is 0 Å². The number of amides is 1. The van der Waals surface area contributed by atoms with Crippen LogP contribution in [0.4, 0.5) is 0 Å². The van der Waals surface area contributed by atoms with Crippen LogP contribution < -0.4 is 11.1 Å². The molecule has 0 aliphatic carbocycles. The Bertz CT molecular complexity index is 190. The van der Waals surface area contributed by atoms with Crippen molar-refractivity contribution < 1.29 is 4.79 Å². The van der Waals surface area contributed by atoms with E-state index < -0.39 is 0 Å². The van der Waals surface area contributed by atoms with Gasteiger partial charge in [-0.25, -0.2) is 0 Å². The molecule has 1 atom stereocenters. The van der Waals surface area contributed by atoms with E-state index in [0.717, 1.165) is 19.5 Å². The first kappa shape index (κ1) is 12.5. The molecule has 4 heteroatoms. The number of nitrogens with zero attached hydrogens (tertiary/aromatic N) is 1. The van der Waals surface area contributed by atoms with Gasteiger partial charge >= 0.3 is 0 Å². The monoisotopic (exact) mass is 213 g/mol. The van der Waals surface area contributed by atoms with Gasteiger partial charge in [0.15, 0.2) is 0 Å². The maximum Gasteiger partial charge on any atom is 0.236 e. The Labute approximate surface area is 92.2 Å². The minimum absolute atomic E-state index is 0.0149. The smallest absolute Gasteiger partial charge is 0.236 e. The summed E-state index contributed by atoms with van der Waals surface area (Å²) in [5.41, 5.74) is 5.60. The average molecular weight is 213 g/mol. The molecule has 1 heterocycles. The number of likely N-dealkylation sites (tertiary alicyclic amines) is 1. The molecule has 1 aliphatic heterocycles. The summed E-state index contributed by atoms with van der Waals surface area (Å²) in [5.74, 6) is -0.0149. The fraction of sp³-hybridized carbons (Fsp3) is 0.909. The number of hydrogen-bond donors (Lipinski definition) is 2. The van der Waals surface area contributed by atoms with Gasteiger partial charge in [0.1, 0.15) is 0 Å². The third kappa shape index (κ3) is 4.62.